The van der Waals surface area contributed by atoms with E-state index < -0.39 is 0 Å². The maximum Gasteiger partial charge on any atom is 0.234 e. The Balaban J connectivity index is 1.12. The van der Waals surface area contributed by atoms with Crippen LogP contribution in [-0.4, -0.2) is 31.2 Å². The van der Waals surface area contributed by atoms with Crippen LogP contribution in [-0.2, 0) is 17.6 Å². The molecule has 7 nitrogen and oxygen atoms in total. The van der Waals surface area contributed by atoms with Gasteiger partial charge in [-0.15, -0.1) is 21.5 Å². The molecule has 0 saturated carbocycles. The number of rotatable bonds is 6. The molecule has 34 heavy (non-hydrogen) atoms. The number of carbonyl (C=O) groups is 1. The summed E-state index contributed by atoms with van der Waals surface area (Å²) in [6.07, 6.45) is 6.41. The Bertz CT molecular complexity index is 1480. The molecule has 0 saturated heterocycles. The van der Waals surface area contributed by atoms with Crippen molar-refractivity contribution in [3.8, 4) is 11.5 Å². The van der Waals surface area contributed by atoms with Crippen molar-refractivity contribution in [1.82, 2.24) is 19.6 Å². The van der Waals surface area contributed by atoms with Gasteiger partial charge >= 0.3 is 0 Å². The summed E-state index contributed by atoms with van der Waals surface area (Å²) >= 11 is 3.13. The van der Waals surface area contributed by atoms with Crippen LogP contribution in [0.4, 0.5) is 5.69 Å². The summed E-state index contributed by atoms with van der Waals surface area (Å²) in [7, 11) is 0. The van der Waals surface area contributed by atoms with Crippen LogP contribution in [0.1, 0.15) is 23.3 Å². The van der Waals surface area contributed by atoms with Gasteiger partial charge in [-0.3, -0.25) is 9.20 Å². The number of para-hydroxylation sites is 1. The quantitative estimate of drug-likeness (QED) is 0.308. The summed E-state index contributed by atoms with van der Waals surface area (Å²) in [5.41, 5.74) is 2.93. The molecule has 0 unspecified atom stereocenters. The highest BCUT2D eigenvalue weighted by atomic mass is 32.2. The van der Waals surface area contributed by atoms with E-state index in [9.17, 15) is 4.79 Å². The molecule has 2 aromatic carbocycles. The van der Waals surface area contributed by atoms with Crippen LogP contribution in [0.15, 0.2) is 66.1 Å². The Morgan fingerprint density at radius 2 is 1.82 bits per heavy atom. The molecule has 0 spiro atoms. The van der Waals surface area contributed by atoms with Crippen LogP contribution in [0.5, 0.6) is 11.5 Å². The third-order valence-electron chi connectivity index (χ3n) is 5.78. The number of amides is 1. The highest BCUT2D eigenvalue weighted by Gasteiger charge is 2.21. The number of hydrogen-bond donors (Lipinski definition) is 1. The Kier molecular flexibility index (Phi) is 5.64. The first-order chi connectivity index (χ1) is 16.7. The lowest BCUT2D eigenvalue weighted by molar-refractivity contribution is -0.113. The number of thiophene rings is 1. The minimum Gasteiger partial charge on any atom is -0.457 e. The van der Waals surface area contributed by atoms with Gasteiger partial charge in [0.1, 0.15) is 22.7 Å². The van der Waals surface area contributed by atoms with Crippen molar-refractivity contribution in [2.75, 3.05) is 11.1 Å². The molecule has 3 aromatic heterocycles. The Labute approximate surface area is 204 Å². The van der Waals surface area contributed by atoms with Gasteiger partial charge in [-0.2, -0.15) is 0 Å². The number of nitrogens with one attached hydrogen (secondary N) is 1. The fourth-order valence-electron chi connectivity index (χ4n) is 4.19. The zero-order valence-electron chi connectivity index (χ0n) is 18.2. The topological polar surface area (TPSA) is 81.4 Å². The number of aromatic nitrogens is 4. The minimum absolute atomic E-state index is 0.111. The maximum absolute atomic E-state index is 12.5. The van der Waals surface area contributed by atoms with E-state index in [1.807, 2.05) is 59.0 Å². The van der Waals surface area contributed by atoms with Crippen molar-refractivity contribution in [3.05, 3.63) is 71.4 Å². The summed E-state index contributed by atoms with van der Waals surface area (Å²) in [5.74, 6) is 1.59. The van der Waals surface area contributed by atoms with E-state index in [4.69, 9.17) is 4.74 Å². The van der Waals surface area contributed by atoms with Crippen molar-refractivity contribution in [2.45, 2.75) is 30.8 Å². The number of carbonyl (C=O) groups excluding carboxylic acids is 1. The average molecular weight is 488 g/mol. The van der Waals surface area contributed by atoms with Crippen molar-refractivity contribution in [1.29, 1.82) is 0 Å². The van der Waals surface area contributed by atoms with Crippen molar-refractivity contribution in [2.24, 2.45) is 0 Å². The predicted molar refractivity (Wildman–Crippen MR) is 135 cm³/mol. The van der Waals surface area contributed by atoms with Crippen molar-refractivity contribution >= 4 is 50.6 Å². The minimum atomic E-state index is -0.111. The molecule has 0 atom stereocenters. The first-order valence-corrected chi connectivity index (χ1v) is 12.9. The van der Waals surface area contributed by atoms with Gasteiger partial charge < -0.3 is 10.1 Å². The van der Waals surface area contributed by atoms with E-state index in [-0.39, 0.29) is 11.7 Å². The van der Waals surface area contributed by atoms with Gasteiger partial charge in [-0.1, -0.05) is 30.0 Å². The van der Waals surface area contributed by atoms with E-state index in [0.717, 1.165) is 34.5 Å². The highest BCUT2D eigenvalue weighted by Crippen LogP contribution is 2.37. The molecule has 5 aromatic rings. The predicted octanol–water partition coefficient (Wildman–Crippen LogP) is 5.74. The molecule has 1 aliphatic rings. The maximum atomic E-state index is 12.5. The number of nitrogens with zero attached hydrogens (tertiary/aromatic N) is 4. The molecule has 1 amide bonds. The van der Waals surface area contributed by atoms with Crippen LogP contribution in [0.3, 0.4) is 0 Å². The summed E-state index contributed by atoms with van der Waals surface area (Å²) in [4.78, 5) is 19.7. The molecule has 6 rings (SSSR count). The number of anilines is 1. The molecule has 1 N–H and O–H groups in total. The van der Waals surface area contributed by atoms with E-state index in [1.54, 1.807) is 17.7 Å². The summed E-state index contributed by atoms with van der Waals surface area (Å²) in [6.45, 7) is 0. The number of fused-ring (bicyclic) bond motifs is 5. The summed E-state index contributed by atoms with van der Waals surface area (Å²) in [5, 5.41) is 13.5. The average Bonchev–Trinajstić information content (AvgIpc) is 3.45. The lowest BCUT2D eigenvalue weighted by Gasteiger charge is -2.10. The van der Waals surface area contributed by atoms with Gasteiger partial charge in [-0.25, -0.2) is 4.98 Å². The molecular formula is C25H21N5O2S2. The number of hydrogen-bond acceptors (Lipinski definition) is 7. The third kappa shape index (κ3) is 4.12. The number of ether oxygens (including phenoxy) is 1. The number of aryl methyl sites for hydroxylation is 2. The largest absolute Gasteiger partial charge is 0.457 e. The van der Waals surface area contributed by atoms with Gasteiger partial charge in [0.25, 0.3) is 0 Å². The van der Waals surface area contributed by atoms with E-state index in [1.165, 1.54) is 35.0 Å². The SMILES string of the molecule is O=C(CSc1nnc2c3c4c(sc3ncn12)CCCC4)Nc1ccc(Oc2ccccc2)cc1. The second-order valence-electron chi connectivity index (χ2n) is 8.09. The van der Waals surface area contributed by atoms with Crippen molar-refractivity contribution < 1.29 is 9.53 Å². The second kappa shape index (κ2) is 9.08. The lowest BCUT2D eigenvalue weighted by Crippen LogP contribution is -2.14. The summed E-state index contributed by atoms with van der Waals surface area (Å²) in [6, 6.07) is 16.9. The molecule has 0 aliphatic heterocycles. The van der Waals surface area contributed by atoms with Gasteiger partial charge in [0.2, 0.25) is 5.91 Å². The normalized spacial score (nSPS) is 13.2. The van der Waals surface area contributed by atoms with Gasteiger partial charge in [0.05, 0.1) is 11.1 Å². The zero-order chi connectivity index (χ0) is 22.9. The number of benzene rings is 2. The monoisotopic (exact) mass is 487 g/mol. The second-order valence-corrected chi connectivity index (χ2v) is 10.1. The van der Waals surface area contributed by atoms with Crippen LogP contribution < -0.4 is 10.1 Å². The van der Waals surface area contributed by atoms with E-state index >= 15 is 0 Å². The van der Waals surface area contributed by atoms with Crippen LogP contribution >= 0.6 is 23.1 Å². The Morgan fingerprint density at radius 3 is 2.68 bits per heavy atom. The molecule has 1 aliphatic carbocycles. The van der Waals surface area contributed by atoms with Crippen LogP contribution in [0.25, 0.3) is 15.9 Å². The Morgan fingerprint density at radius 1 is 1.03 bits per heavy atom. The van der Waals surface area contributed by atoms with Crippen LogP contribution in [0, 0.1) is 0 Å². The number of thioether (sulfide) groups is 1. The molecule has 9 heteroatoms. The molecule has 170 valence electrons. The molecule has 0 bridgehead atoms. The smallest absolute Gasteiger partial charge is 0.234 e. The third-order valence-corrected chi connectivity index (χ3v) is 7.92. The van der Waals surface area contributed by atoms with Gasteiger partial charge in [-0.05, 0) is 67.6 Å². The van der Waals surface area contributed by atoms with Crippen molar-refractivity contribution in [3.63, 3.8) is 0 Å². The fraction of sp³-hybridized carbons (Fsp3) is 0.200. The standard InChI is InChI=1S/C25H21N5O2S2/c31-21(27-16-10-12-18(13-11-16)32-17-6-2-1-3-7-17)14-33-25-29-28-23-22-19-8-4-5-9-20(19)34-24(22)26-15-30(23)25/h1-3,6-7,10-13,15H,4-5,8-9,14H2,(H,27,31). The molecular weight excluding hydrogens is 466 g/mol. The molecule has 0 fully saturated rings. The van der Waals surface area contributed by atoms with E-state index in [2.05, 4.69) is 20.5 Å². The Hall–Kier alpha value is -3.43. The highest BCUT2D eigenvalue weighted by molar-refractivity contribution is 7.99. The summed E-state index contributed by atoms with van der Waals surface area (Å²) < 4.78 is 7.70. The first kappa shape index (κ1) is 21.1. The van der Waals surface area contributed by atoms with Crippen LogP contribution in [0.2, 0.25) is 0 Å². The van der Waals surface area contributed by atoms with E-state index in [0.29, 0.717) is 16.6 Å². The molecule has 0 radical (unpaired) electrons. The lowest BCUT2D eigenvalue weighted by atomic mass is 9.97. The van der Waals surface area contributed by atoms with Gasteiger partial charge in [0, 0.05) is 10.6 Å². The fourth-order valence-corrected chi connectivity index (χ4v) is 6.12. The first-order valence-electron chi connectivity index (χ1n) is 11.1. The van der Waals surface area contributed by atoms with Gasteiger partial charge in [0.15, 0.2) is 10.8 Å². The molecule has 3 heterocycles. The zero-order valence-corrected chi connectivity index (χ0v) is 19.9.